The molecule has 0 aliphatic rings. The molecular formula is C12H19N5S2. The zero-order valence-electron chi connectivity index (χ0n) is 11.4. The molecule has 1 unspecified atom stereocenters. The highest BCUT2D eigenvalue weighted by Crippen LogP contribution is 2.24. The lowest BCUT2D eigenvalue weighted by atomic mass is 10.3. The fourth-order valence-corrected chi connectivity index (χ4v) is 3.35. The Labute approximate surface area is 121 Å². The number of nitrogens with zero attached hydrogens (tertiary/aromatic N) is 3. The molecule has 104 valence electrons. The highest BCUT2D eigenvalue weighted by atomic mass is 32.2. The highest BCUT2D eigenvalue weighted by molar-refractivity contribution is 7.98. The molecule has 2 rings (SSSR count). The molecule has 0 amide bonds. The topological polar surface area (TPSA) is 67.1 Å². The molecule has 0 fully saturated rings. The van der Waals surface area contributed by atoms with Crippen LogP contribution >= 0.6 is 23.1 Å². The maximum atomic E-state index is 5.53. The van der Waals surface area contributed by atoms with Gasteiger partial charge in [0.25, 0.3) is 0 Å². The fourth-order valence-electron chi connectivity index (χ4n) is 1.83. The third-order valence-corrected chi connectivity index (χ3v) is 4.68. The van der Waals surface area contributed by atoms with Gasteiger partial charge in [-0.1, -0.05) is 0 Å². The summed E-state index contributed by atoms with van der Waals surface area (Å²) in [5.74, 6) is 8.13. The van der Waals surface area contributed by atoms with Crippen LogP contribution in [-0.2, 0) is 6.54 Å². The van der Waals surface area contributed by atoms with Crippen molar-refractivity contribution in [2.75, 3.05) is 24.5 Å². The van der Waals surface area contributed by atoms with E-state index in [1.54, 1.807) is 11.3 Å². The van der Waals surface area contributed by atoms with E-state index in [9.17, 15) is 0 Å². The van der Waals surface area contributed by atoms with E-state index in [2.05, 4.69) is 40.5 Å². The van der Waals surface area contributed by atoms with Crippen LogP contribution in [0.25, 0.3) is 10.2 Å². The van der Waals surface area contributed by atoms with Crippen molar-refractivity contribution in [1.82, 2.24) is 14.9 Å². The lowest BCUT2D eigenvalue weighted by Gasteiger charge is -2.23. The molecule has 0 aromatic carbocycles. The number of hydrazine groups is 1. The van der Waals surface area contributed by atoms with Gasteiger partial charge in [-0.2, -0.15) is 11.8 Å². The smallest absolute Gasteiger partial charge is 0.152 e. The van der Waals surface area contributed by atoms with E-state index in [0.717, 1.165) is 28.3 Å². The molecule has 19 heavy (non-hydrogen) atoms. The minimum Gasteiger partial charge on any atom is -0.308 e. The lowest BCUT2D eigenvalue weighted by Crippen LogP contribution is -2.31. The van der Waals surface area contributed by atoms with E-state index in [0.29, 0.717) is 11.9 Å². The van der Waals surface area contributed by atoms with Crippen molar-refractivity contribution < 1.29 is 0 Å². The number of anilines is 1. The number of hydrogen-bond acceptors (Lipinski definition) is 7. The zero-order chi connectivity index (χ0) is 13.8. The van der Waals surface area contributed by atoms with Gasteiger partial charge in [-0.15, -0.1) is 11.3 Å². The van der Waals surface area contributed by atoms with E-state index in [1.165, 1.54) is 0 Å². The molecule has 0 saturated carbocycles. The zero-order valence-corrected chi connectivity index (χ0v) is 13.0. The van der Waals surface area contributed by atoms with Gasteiger partial charge in [0, 0.05) is 11.8 Å². The SMILES string of the molecule is CSCC(C)N(C)Cc1nc(NN)c2ccsc2n1. The van der Waals surface area contributed by atoms with Gasteiger partial charge in [0.05, 0.1) is 11.9 Å². The van der Waals surface area contributed by atoms with Crippen LogP contribution in [0.5, 0.6) is 0 Å². The van der Waals surface area contributed by atoms with Gasteiger partial charge < -0.3 is 5.43 Å². The average Bonchev–Trinajstić information content (AvgIpc) is 2.86. The summed E-state index contributed by atoms with van der Waals surface area (Å²) in [5.41, 5.74) is 2.66. The van der Waals surface area contributed by atoms with Crippen molar-refractivity contribution in [2.24, 2.45) is 5.84 Å². The molecule has 0 bridgehead atoms. The maximum absolute atomic E-state index is 5.53. The van der Waals surface area contributed by atoms with Gasteiger partial charge in [-0.05, 0) is 31.7 Å². The Morgan fingerprint density at radius 3 is 3.00 bits per heavy atom. The molecule has 2 heterocycles. The van der Waals surface area contributed by atoms with Crippen molar-refractivity contribution in [3.05, 3.63) is 17.3 Å². The summed E-state index contributed by atoms with van der Waals surface area (Å²) in [7, 11) is 2.10. The van der Waals surface area contributed by atoms with Crippen LogP contribution in [0.1, 0.15) is 12.7 Å². The van der Waals surface area contributed by atoms with Gasteiger partial charge in [0.1, 0.15) is 10.7 Å². The first-order valence-electron chi connectivity index (χ1n) is 6.05. The first-order valence-corrected chi connectivity index (χ1v) is 8.33. The number of nitrogens with one attached hydrogen (secondary N) is 1. The van der Waals surface area contributed by atoms with Crippen molar-refractivity contribution >= 4 is 39.1 Å². The Bertz CT molecular complexity index is 542. The summed E-state index contributed by atoms with van der Waals surface area (Å²) in [6, 6.07) is 2.48. The van der Waals surface area contributed by atoms with E-state index >= 15 is 0 Å². The van der Waals surface area contributed by atoms with E-state index in [-0.39, 0.29) is 0 Å². The fraction of sp³-hybridized carbons (Fsp3) is 0.500. The Morgan fingerprint density at radius 1 is 1.53 bits per heavy atom. The molecule has 0 spiro atoms. The van der Waals surface area contributed by atoms with Crippen LogP contribution in [0.3, 0.4) is 0 Å². The second-order valence-electron chi connectivity index (χ2n) is 4.49. The molecule has 2 aromatic heterocycles. The third kappa shape index (κ3) is 3.36. The van der Waals surface area contributed by atoms with Gasteiger partial charge in [0.15, 0.2) is 5.82 Å². The van der Waals surface area contributed by atoms with Crippen molar-refractivity contribution in [3.8, 4) is 0 Å². The van der Waals surface area contributed by atoms with Crippen molar-refractivity contribution in [2.45, 2.75) is 19.5 Å². The lowest BCUT2D eigenvalue weighted by molar-refractivity contribution is 0.263. The number of hydrogen-bond donors (Lipinski definition) is 2. The van der Waals surface area contributed by atoms with Gasteiger partial charge in [-0.25, -0.2) is 15.8 Å². The number of thiophene rings is 1. The summed E-state index contributed by atoms with van der Waals surface area (Å²) < 4.78 is 0. The van der Waals surface area contributed by atoms with Crippen LogP contribution in [0.15, 0.2) is 11.4 Å². The average molecular weight is 297 g/mol. The number of thioether (sulfide) groups is 1. The molecule has 7 heteroatoms. The predicted octanol–water partition coefficient (Wildman–Crippen LogP) is 2.16. The molecule has 1 atom stereocenters. The van der Waals surface area contributed by atoms with Crippen LogP contribution in [0, 0.1) is 0 Å². The molecule has 0 saturated heterocycles. The largest absolute Gasteiger partial charge is 0.308 e. The van der Waals surface area contributed by atoms with Crippen LogP contribution < -0.4 is 11.3 Å². The van der Waals surface area contributed by atoms with Gasteiger partial charge in [-0.3, -0.25) is 4.90 Å². The number of rotatable bonds is 6. The Morgan fingerprint density at radius 2 is 2.32 bits per heavy atom. The first-order chi connectivity index (χ1) is 9.15. The van der Waals surface area contributed by atoms with E-state index in [1.807, 2.05) is 23.2 Å². The van der Waals surface area contributed by atoms with Crippen molar-refractivity contribution in [3.63, 3.8) is 0 Å². The second-order valence-corrected chi connectivity index (χ2v) is 6.30. The van der Waals surface area contributed by atoms with Crippen LogP contribution in [-0.4, -0.2) is 40.0 Å². The van der Waals surface area contributed by atoms with E-state index in [4.69, 9.17) is 5.84 Å². The van der Waals surface area contributed by atoms with Crippen LogP contribution in [0.4, 0.5) is 5.82 Å². The molecular weight excluding hydrogens is 278 g/mol. The Kier molecular flexibility index (Phi) is 4.98. The molecule has 0 aliphatic heterocycles. The number of aromatic nitrogens is 2. The van der Waals surface area contributed by atoms with E-state index < -0.39 is 0 Å². The first kappa shape index (κ1) is 14.5. The van der Waals surface area contributed by atoms with Crippen molar-refractivity contribution in [1.29, 1.82) is 0 Å². The van der Waals surface area contributed by atoms with Gasteiger partial charge in [0.2, 0.25) is 0 Å². The maximum Gasteiger partial charge on any atom is 0.152 e. The highest BCUT2D eigenvalue weighted by Gasteiger charge is 2.13. The predicted molar refractivity (Wildman–Crippen MR) is 84.5 cm³/mol. The number of nitrogens with two attached hydrogens (primary N) is 1. The number of nitrogen functional groups attached to an aromatic ring is 1. The minimum atomic E-state index is 0.493. The Hall–Kier alpha value is -0.890. The van der Waals surface area contributed by atoms with Gasteiger partial charge >= 0.3 is 0 Å². The summed E-state index contributed by atoms with van der Waals surface area (Å²) in [6.07, 6.45) is 2.12. The second kappa shape index (κ2) is 6.51. The summed E-state index contributed by atoms with van der Waals surface area (Å²) >= 11 is 3.45. The quantitative estimate of drug-likeness (QED) is 0.629. The molecule has 0 radical (unpaired) electrons. The molecule has 5 nitrogen and oxygen atoms in total. The molecule has 0 aliphatic carbocycles. The molecule has 3 N–H and O–H groups in total. The summed E-state index contributed by atoms with van der Waals surface area (Å²) in [5, 5.41) is 2.99. The molecule has 2 aromatic rings. The monoisotopic (exact) mass is 297 g/mol. The number of fused-ring (bicyclic) bond motifs is 1. The summed E-state index contributed by atoms with van der Waals surface area (Å²) in [4.78, 5) is 12.3. The standard InChI is InChI=1S/C12H19N5S2/c1-8(7-18-3)17(2)6-10-14-11(16-13)9-4-5-19-12(9)15-10/h4-5,8H,6-7,13H2,1-3H3,(H,14,15,16). The minimum absolute atomic E-state index is 0.493. The summed E-state index contributed by atoms with van der Waals surface area (Å²) in [6.45, 7) is 2.94. The van der Waals surface area contributed by atoms with Crippen LogP contribution in [0.2, 0.25) is 0 Å². The Balaban J connectivity index is 2.20. The normalized spacial score (nSPS) is 13.1. The third-order valence-electron chi connectivity index (χ3n) is 3.06.